The number of amides is 1. The first-order valence-electron chi connectivity index (χ1n) is 9.79. The Morgan fingerprint density at radius 1 is 1.00 bits per heavy atom. The van der Waals surface area contributed by atoms with E-state index in [0.717, 1.165) is 25.8 Å². The van der Waals surface area contributed by atoms with Crippen LogP contribution < -0.4 is 5.73 Å². The number of hydrogen-bond acceptors (Lipinski definition) is 2. The summed E-state index contributed by atoms with van der Waals surface area (Å²) >= 11 is 0. The molecule has 1 heterocycles. The second-order valence-electron chi connectivity index (χ2n) is 8.04. The first-order chi connectivity index (χ1) is 13.4. The van der Waals surface area contributed by atoms with Crippen LogP contribution in [-0.2, 0) is 12.4 Å². The lowest BCUT2D eigenvalue weighted by atomic mass is 9.76. The van der Waals surface area contributed by atoms with E-state index in [9.17, 15) is 31.1 Å². The van der Waals surface area contributed by atoms with Crippen molar-refractivity contribution < 1.29 is 31.1 Å². The summed E-state index contributed by atoms with van der Waals surface area (Å²) in [6.45, 7) is 2.76. The summed E-state index contributed by atoms with van der Waals surface area (Å²) in [5.41, 5.74) is 1.22. The number of carbonyl (C=O) groups is 1. The standard InChI is InChI=1S/C20H24F6N2O/c1-11-5-4-8-28(11)16-7-3-2-6-13(16)14-9-12(19(21,22)23)10-15(20(24,25)26)17(14)18(27)29/h9-11,13,16H,2-8H2,1H3,(H2,27,29). The smallest absolute Gasteiger partial charge is 0.366 e. The lowest BCUT2D eigenvalue weighted by Gasteiger charge is -2.41. The highest BCUT2D eigenvalue weighted by Crippen LogP contribution is 2.45. The predicted octanol–water partition coefficient (Wildman–Crippen LogP) is 5.33. The normalized spacial score (nSPS) is 26.7. The third-order valence-corrected chi connectivity index (χ3v) is 6.21. The van der Waals surface area contributed by atoms with Crippen molar-refractivity contribution >= 4 is 5.91 Å². The molecule has 3 atom stereocenters. The topological polar surface area (TPSA) is 46.3 Å². The molecule has 1 aliphatic heterocycles. The van der Waals surface area contributed by atoms with E-state index in [0.29, 0.717) is 25.3 Å². The lowest BCUT2D eigenvalue weighted by Crippen LogP contribution is -2.44. The summed E-state index contributed by atoms with van der Waals surface area (Å²) in [6.07, 6.45) is -5.59. The quantitative estimate of drug-likeness (QED) is 0.669. The van der Waals surface area contributed by atoms with E-state index in [4.69, 9.17) is 5.73 Å². The van der Waals surface area contributed by atoms with Gasteiger partial charge in [-0.05, 0) is 56.8 Å². The van der Waals surface area contributed by atoms with Crippen molar-refractivity contribution in [2.45, 2.75) is 75.8 Å². The van der Waals surface area contributed by atoms with Crippen LogP contribution in [0.1, 0.15) is 78.4 Å². The Morgan fingerprint density at radius 2 is 1.66 bits per heavy atom. The Hall–Kier alpha value is -1.77. The summed E-state index contributed by atoms with van der Waals surface area (Å²) in [5.74, 6) is -1.95. The molecule has 3 nitrogen and oxygen atoms in total. The molecule has 2 N–H and O–H groups in total. The molecule has 3 rings (SSSR count). The molecule has 1 aromatic carbocycles. The van der Waals surface area contributed by atoms with Gasteiger partial charge in [0.1, 0.15) is 0 Å². The average Bonchev–Trinajstić information content (AvgIpc) is 3.04. The van der Waals surface area contributed by atoms with Crippen LogP contribution in [0.15, 0.2) is 12.1 Å². The van der Waals surface area contributed by atoms with Gasteiger partial charge in [0, 0.05) is 18.0 Å². The van der Waals surface area contributed by atoms with E-state index in [2.05, 4.69) is 4.90 Å². The Balaban J connectivity index is 2.21. The van der Waals surface area contributed by atoms with Crippen LogP contribution in [0.4, 0.5) is 26.3 Å². The van der Waals surface area contributed by atoms with Gasteiger partial charge >= 0.3 is 12.4 Å². The summed E-state index contributed by atoms with van der Waals surface area (Å²) < 4.78 is 81.0. The number of likely N-dealkylation sites (tertiary alicyclic amines) is 1. The molecule has 162 valence electrons. The molecule has 3 unspecified atom stereocenters. The number of alkyl halides is 6. The van der Waals surface area contributed by atoms with E-state index < -0.39 is 40.9 Å². The van der Waals surface area contributed by atoms with Crippen molar-refractivity contribution in [2.24, 2.45) is 5.73 Å². The molecule has 0 bridgehead atoms. The number of nitrogens with zero attached hydrogens (tertiary/aromatic N) is 1. The van der Waals surface area contributed by atoms with Gasteiger partial charge in [-0.1, -0.05) is 12.8 Å². The van der Waals surface area contributed by atoms with Gasteiger partial charge in [-0.3, -0.25) is 9.69 Å². The van der Waals surface area contributed by atoms with Crippen LogP contribution in [0.5, 0.6) is 0 Å². The number of hydrogen-bond donors (Lipinski definition) is 1. The third-order valence-electron chi connectivity index (χ3n) is 6.21. The molecule has 2 fully saturated rings. The molecule has 1 amide bonds. The van der Waals surface area contributed by atoms with Crippen molar-refractivity contribution in [3.63, 3.8) is 0 Å². The number of rotatable bonds is 3. The Bertz CT molecular complexity index is 773. The number of benzene rings is 1. The second kappa shape index (κ2) is 7.81. The summed E-state index contributed by atoms with van der Waals surface area (Å²) in [7, 11) is 0. The van der Waals surface area contributed by atoms with Gasteiger partial charge in [0.2, 0.25) is 5.91 Å². The molecule has 0 radical (unpaired) electrons. The maximum atomic E-state index is 13.6. The lowest BCUT2D eigenvalue weighted by molar-refractivity contribution is -0.143. The van der Waals surface area contributed by atoms with Crippen LogP contribution in [-0.4, -0.2) is 29.4 Å². The largest absolute Gasteiger partial charge is 0.417 e. The zero-order valence-electron chi connectivity index (χ0n) is 16.0. The minimum Gasteiger partial charge on any atom is -0.366 e. The fourth-order valence-corrected chi connectivity index (χ4v) is 4.94. The Labute approximate surface area is 165 Å². The molecule has 0 aromatic heterocycles. The Morgan fingerprint density at radius 3 is 2.17 bits per heavy atom. The third kappa shape index (κ3) is 4.39. The minimum atomic E-state index is -5.12. The van der Waals surface area contributed by atoms with Crippen LogP contribution in [0.2, 0.25) is 0 Å². The summed E-state index contributed by atoms with van der Waals surface area (Å²) in [4.78, 5) is 14.2. The van der Waals surface area contributed by atoms with E-state index in [1.54, 1.807) is 0 Å². The highest BCUT2D eigenvalue weighted by atomic mass is 19.4. The zero-order chi connectivity index (χ0) is 21.6. The number of carbonyl (C=O) groups excluding carboxylic acids is 1. The predicted molar refractivity (Wildman–Crippen MR) is 95.4 cm³/mol. The van der Waals surface area contributed by atoms with Crippen LogP contribution in [0.3, 0.4) is 0 Å². The van der Waals surface area contributed by atoms with Crippen molar-refractivity contribution in [1.82, 2.24) is 4.90 Å². The zero-order valence-corrected chi connectivity index (χ0v) is 16.0. The first kappa shape index (κ1) is 21.9. The average molecular weight is 422 g/mol. The molecule has 9 heteroatoms. The SMILES string of the molecule is CC1CCCN1C1CCCCC1c1cc(C(F)(F)F)cc(C(F)(F)F)c1C(N)=O. The fourth-order valence-electron chi connectivity index (χ4n) is 4.94. The van der Waals surface area contributed by atoms with Gasteiger partial charge in [-0.15, -0.1) is 0 Å². The monoisotopic (exact) mass is 422 g/mol. The van der Waals surface area contributed by atoms with Gasteiger partial charge in [0.15, 0.2) is 0 Å². The van der Waals surface area contributed by atoms with Gasteiger partial charge < -0.3 is 5.73 Å². The molecular formula is C20H24F6N2O. The van der Waals surface area contributed by atoms with E-state index in [1.165, 1.54) is 0 Å². The van der Waals surface area contributed by atoms with Crippen molar-refractivity contribution in [2.75, 3.05) is 6.54 Å². The molecule has 1 aliphatic carbocycles. The molecule has 1 saturated carbocycles. The molecule has 1 saturated heterocycles. The maximum Gasteiger partial charge on any atom is 0.417 e. The van der Waals surface area contributed by atoms with Gasteiger partial charge in [-0.2, -0.15) is 26.3 Å². The molecule has 1 aromatic rings. The summed E-state index contributed by atoms with van der Waals surface area (Å²) in [5, 5.41) is 0. The number of halogens is 6. The van der Waals surface area contributed by atoms with Crippen LogP contribution in [0, 0.1) is 0 Å². The molecular weight excluding hydrogens is 398 g/mol. The van der Waals surface area contributed by atoms with Crippen molar-refractivity contribution in [3.8, 4) is 0 Å². The van der Waals surface area contributed by atoms with E-state index in [-0.39, 0.29) is 23.7 Å². The van der Waals surface area contributed by atoms with Crippen LogP contribution >= 0.6 is 0 Å². The first-order valence-corrected chi connectivity index (χ1v) is 9.79. The number of nitrogens with two attached hydrogens (primary N) is 1. The Kier molecular flexibility index (Phi) is 5.91. The highest BCUT2D eigenvalue weighted by molar-refractivity contribution is 5.96. The molecule has 0 spiro atoms. The molecule has 29 heavy (non-hydrogen) atoms. The van der Waals surface area contributed by atoms with Crippen molar-refractivity contribution in [1.29, 1.82) is 0 Å². The summed E-state index contributed by atoms with van der Waals surface area (Å²) in [6, 6.07) is 0.702. The number of primary amides is 1. The van der Waals surface area contributed by atoms with Gasteiger partial charge in [0.25, 0.3) is 0 Å². The molecule has 2 aliphatic rings. The van der Waals surface area contributed by atoms with Gasteiger partial charge in [-0.25, -0.2) is 0 Å². The fraction of sp³-hybridized carbons (Fsp3) is 0.650. The van der Waals surface area contributed by atoms with E-state index >= 15 is 0 Å². The second-order valence-corrected chi connectivity index (χ2v) is 8.04. The maximum absolute atomic E-state index is 13.6. The van der Waals surface area contributed by atoms with Crippen molar-refractivity contribution in [3.05, 3.63) is 34.4 Å². The van der Waals surface area contributed by atoms with Crippen LogP contribution in [0.25, 0.3) is 0 Å². The van der Waals surface area contributed by atoms with Gasteiger partial charge in [0.05, 0.1) is 16.7 Å². The van der Waals surface area contributed by atoms with E-state index in [1.807, 2.05) is 6.92 Å². The minimum absolute atomic E-state index is 0.0000934. The highest BCUT2D eigenvalue weighted by Gasteiger charge is 2.44.